The normalized spacial score (nSPS) is 16.0. The molecule has 0 aliphatic heterocycles. The second-order valence-corrected chi connectivity index (χ2v) is 21.9. The third-order valence-electron chi connectivity index (χ3n) is 8.54. The van der Waals surface area contributed by atoms with Gasteiger partial charge in [-0.05, 0) is 56.8 Å². The molecule has 0 saturated carbocycles. The van der Waals surface area contributed by atoms with Crippen LogP contribution in [0.4, 0.5) is 0 Å². The molecule has 1 unspecified atom stereocenters. The van der Waals surface area contributed by atoms with Gasteiger partial charge in [-0.15, -0.1) is 0 Å². The van der Waals surface area contributed by atoms with Crippen LogP contribution in [0.15, 0.2) is 30.3 Å². The van der Waals surface area contributed by atoms with Crippen molar-refractivity contribution in [1.29, 1.82) is 0 Å². The van der Waals surface area contributed by atoms with Crippen LogP contribution in [0.5, 0.6) is 0 Å². The number of unbranched alkanes of at least 4 members (excludes halogenated alkanes) is 8. The van der Waals surface area contributed by atoms with Crippen molar-refractivity contribution >= 4 is 19.3 Å². The van der Waals surface area contributed by atoms with Crippen molar-refractivity contribution in [2.75, 3.05) is 6.61 Å². The average molecular weight is 626 g/mol. The van der Waals surface area contributed by atoms with Crippen LogP contribution in [-0.4, -0.2) is 47.2 Å². The van der Waals surface area contributed by atoms with E-state index in [4.69, 9.17) is 9.16 Å². The number of ether oxygens (including phenoxy) is 1. The van der Waals surface area contributed by atoms with Gasteiger partial charge >= 0.3 is 0 Å². The number of aliphatic hydroxyl groups is 1. The van der Waals surface area contributed by atoms with Gasteiger partial charge in [0, 0.05) is 0 Å². The van der Waals surface area contributed by atoms with Crippen molar-refractivity contribution in [1.82, 2.24) is 4.72 Å². The van der Waals surface area contributed by atoms with Gasteiger partial charge in [0.2, 0.25) is 0 Å². The van der Waals surface area contributed by atoms with Gasteiger partial charge in [-0.1, -0.05) is 129 Å². The first-order valence-electron chi connectivity index (χ1n) is 16.7. The van der Waals surface area contributed by atoms with Crippen molar-refractivity contribution in [3.8, 4) is 0 Å². The first-order chi connectivity index (χ1) is 19.5. The smallest absolute Gasteiger partial charge is 0.192 e. The number of hydrogen-bond acceptors (Lipinski definition) is 4. The zero-order chi connectivity index (χ0) is 31.8. The topological polar surface area (TPSA) is 67.8 Å². The van der Waals surface area contributed by atoms with Gasteiger partial charge in [-0.2, -0.15) is 0 Å². The van der Waals surface area contributed by atoms with E-state index in [2.05, 4.69) is 52.4 Å². The van der Waals surface area contributed by atoms with E-state index < -0.39 is 36.2 Å². The number of aliphatic hydroxyl groups excluding tert-OH is 1. The van der Waals surface area contributed by atoms with Crippen LogP contribution in [0, 0.1) is 5.92 Å². The van der Waals surface area contributed by atoms with E-state index >= 15 is 0 Å². The first kappa shape index (κ1) is 39.5. The van der Waals surface area contributed by atoms with Crippen molar-refractivity contribution in [2.45, 2.75) is 174 Å². The Kier molecular flexibility index (Phi) is 18.5. The Morgan fingerprint density at radius 3 is 1.81 bits per heavy atom. The van der Waals surface area contributed by atoms with Gasteiger partial charge in [0.05, 0.1) is 47.2 Å². The molecule has 0 aromatic heterocycles. The molecule has 0 saturated heterocycles. The summed E-state index contributed by atoms with van der Waals surface area (Å²) in [6, 6.07) is 9.54. The van der Waals surface area contributed by atoms with Gasteiger partial charge in [-0.25, -0.2) is 8.93 Å². The van der Waals surface area contributed by atoms with Crippen LogP contribution in [0.25, 0.3) is 0 Å². The molecule has 0 amide bonds. The van der Waals surface area contributed by atoms with Gasteiger partial charge < -0.3 is 14.3 Å². The lowest BCUT2D eigenvalue weighted by Gasteiger charge is -2.42. The maximum atomic E-state index is 13.2. The maximum absolute atomic E-state index is 13.2. The van der Waals surface area contributed by atoms with Gasteiger partial charge in [0.1, 0.15) is 0 Å². The highest BCUT2D eigenvalue weighted by Crippen LogP contribution is 2.38. The Labute approximate surface area is 264 Å². The zero-order valence-electron chi connectivity index (χ0n) is 29.0. The van der Waals surface area contributed by atoms with Crippen LogP contribution in [0.2, 0.25) is 18.1 Å². The SMILES string of the molecule is CC(C)CCCCCCCCCCC[C@@H](O[Si](C)(C)C(C)(C)C)[C@@H](O)[C@H](COCc1ccccc1)NS(=O)C(C)(C)C. The fourth-order valence-corrected chi connectivity index (χ4v) is 6.85. The molecule has 0 radical (unpaired) electrons. The van der Waals surface area contributed by atoms with Crippen molar-refractivity contribution in [3.63, 3.8) is 0 Å². The minimum Gasteiger partial charge on any atom is -0.411 e. The molecular formula is C35H67NO4SSi. The summed E-state index contributed by atoms with van der Waals surface area (Å²) in [6.07, 6.45) is 12.4. The molecule has 2 N–H and O–H groups in total. The fourth-order valence-electron chi connectivity index (χ4n) is 4.64. The molecule has 0 heterocycles. The van der Waals surface area contributed by atoms with E-state index in [0.717, 1.165) is 30.7 Å². The van der Waals surface area contributed by atoms with Crippen molar-refractivity contribution in [2.24, 2.45) is 5.92 Å². The summed E-state index contributed by atoms with van der Waals surface area (Å²) in [5.41, 5.74) is 1.08. The summed E-state index contributed by atoms with van der Waals surface area (Å²) in [6.45, 7) is 22.3. The number of rotatable bonds is 22. The fraction of sp³-hybridized carbons (Fsp3) is 0.829. The highest BCUT2D eigenvalue weighted by Gasteiger charge is 2.42. The molecule has 1 aromatic carbocycles. The molecule has 0 aliphatic rings. The van der Waals surface area contributed by atoms with Gasteiger partial charge in [0.25, 0.3) is 0 Å². The molecule has 246 valence electrons. The lowest BCUT2D eigenvalue weighted by atomic mass is 9.99. The Bertz CT molecular complexity index is 851. The average Bonchev–Trinajstić information content (AvgIpc) is 2.89. The standard InChI is InChI=1S/C35H67NO4SSi/c1-29(2)23-19-16-14-12-11-13-15-17-22-26-32(40-42(9,10)35(6,7)8)33(37)31(36-41(38)34(3,4)5)28-39-27-30-24-20-18-21-25-30/h18,20-21,24-25,29,31-33,36-37H,11-17,19,22-23,26-28H2,1-10H3/t31-,32+,33-,41?/m0/s1. The highest BCUT2D eigenvalue weighted by molar-refractivity contribution is 7.84. The summed E-state index contributed by atoms with van der Waals surface area (Å²) in [5.74, 6) is 0.821. The lowest BCUT2D eigenvalue weighted by Crippen LogP contribution is -2.55. The minimum absolute atomic E-state index is 0.0289. The summed E-state index contributed by atoms with van der Waals surface area (Å²) in [4.78, 5) is 0. The largest absolute Gasteiger partial charge is 0.411 e. The predicted molar refractivity (Wildman–Crippen MR) is 185 cm³/mol. The summed E-state index contributed by atoms with van der Waals surface area (Å²) in [7, 11) is -3.49. The Morgan fingerprint density at radius 1 is 0.833 bits per heavy atom. The summed E-state index contributed by atoms with van der Waals surface area (Å²) < 4.78 is 28.9. The highest BCUT2D eigenvalue weighted by atomic mass is 32.2. The maximum Gasteiger partial charge on any atom is 0.192 e. The van der Waals surface area contributed by atoms with E-state index in [9.17, 15) is 9.32 Å². The number of nitrogens with one attached hydrogen (secondary N) is 1. The number of benzene rings is 1. The molecule has 1 rings (SSSR count). The van der Waals surface area contributed by atoms with Crippen LogP contribution in [0.1, 0.15) is 132 Å². The van der Waals surface area contributed by atoms with Crippen molar-refractivity contribution in [3.05, 3.63) is 35.9 Å². The second-order valence-electron chi connectivity index (χ2n) is 15.2. The predicted octanol–water partition coefficient (Wildman–Crippen LogP) is 9.32. The zero-order valence-corrected chi connectivity index (χ0v) is 30.8. The van der Waals surface area contributed by atoms with E-state index in [1.165, 1.54) is 51.4 Å². The van der Waals surface area contributed by atoms with E-state index in [-0.39, 0.29) is 17.7 Å². The van der Waals surface area contributed by atoms with Gasteiger partial charge in [-0.3, -0.25) is 0 Å². The summed E-state index contributed by atoms with van der Waals surface area (Å²) in [5, 5.41) is 11.8. The van der Waals surface area contributed by atoms with E-state index in [1.54, 1.807) is 0 Å². The molecule has 0 fully saturated rings. The molecule has 4 atom stereocenters. The molecule has 7 heteroatoms. The van der Waals surface area contributed by atoms with E-state index in [1.807, 2.05) is 51.1 Å². The third-order valence-corrected chi connectivity index (χ3v) is 14.7. The molecule has 0 spiro atoms. The van der Waals surface area contributed by atoms with Crippen LogP contribution < -0.4 is 4.72 Å². The minimum atomic E-state index is -2.15. The third kappa shape index (κ3) is 16.5. The molecule has 42 heavy (non-hydrogen) atoms. The number of hydrogen-bond donors (Lipinski definition) is 2. The Balaban J connectivity index is 2.81. The molecular weight excluding hydrogens is 559 g/mol. The molecule has 5 nitrogen and oxygen atoms in total. The van der Waals surface area contributed by atoms with Gasteiger partial charge in [0.15, 0.2) is 8.32 Å². The monoisotopic (exact) mass is 625 g/mol. The molecule has 0 aliphatic carbocycles. The second kappa shape index (κ2) is 19.7. The van der Waals surface area contributed by atoms with Crippen LogP contribution >= 0.6 is 0 Å². The van der Waals surface area contributed by atoms with Crippen LogP contribution in [-0.2, 0) is 26.8 Å². The Hall–Kier alpha value is -0.573. The Morgan fingerprint density at radius 2 is 1.33 bits per heavy atom. The van der Waals surface area contributed by atoms with Crippen molar-refractivity contribution < 1.29 is 18.5 Å². The molecule has 0 bridgehead atoms. The van der Waals surface area contributed by atoms with E-state index in [0.29, 0.717) is 6.61 Å². The van der Waals surface area contributed by atoms with Crippen LogP contribution in [0.3, 0.4) is 0 Å². The summed E-state index contributed by atoms with van der Waals surface area (Å²) >= 11 is 0. The quantitative estimate of drug-likeness (QED) is 0.0995. The first-order valence-corrected chi connectivity index (χ1v) is 20.8. The molecule has 1 aromatic rings. The lowest BCUT2D eigenvalue weighted by molar-refractivity contribution is -0.0224.